The molecule has 4 rings (SSSR count). The van der Waals surface area contributed by atoms with Crippen LogP contribution in [0.4, 0.5) is 0 Å². The molecule has 0 amide bonds. The Hall–Kier alpha value is -2.52. The zero-order valence-electron chi connectivity index (χ0n) is 15.4. The molecular formula is C25H22OSn. The van der Waals surface area contributed by atoms with Crippen LogP contribution < -0.4 is 19.1 Å². The summed E-state index contributed by atoms with van der Waals surface area (Å²) >= 11 is -3.41. The minimum atomic E-state index is -3.41. The van der Waals surface area contributed by atoms with E-state index in [0.717, 1.165) is 5.75 Å². The van der Waals surface area contributed by atoms with Gasteiger partial charge in [0.05, 0.1) is 0 Å². The molecule has 0 atom stereocenters. The van der Waals surface area contributed by atoms with Crippen molar-refractivity contribution in [1.82, 2.24) is 0 Å². The van der Waals surface area contributed by atoms with Crippen molar-refractivity contribution >= 4 is 32.7 Å². The molecule has 0 aliphatic heterocycles. The molecule has 132 valence electrons. The van der Waals surface area contributed by atoms with Crippen LogP contribution in [0.5, 0.6) is 5.75 Å². The second kappa shape index (κ2) is 8.01. The van der Waals surface area contributed by atoms with E-state index in [0.29, 0.717) is 0 Å². The summed E-state index contributed by atoms with van der Waals surface area (Å²) in [4.78, 5) is 0. The third kappa shape index (κ3) is 3.28. The van der Waals surface area contributed by atoms with Crippen molar-refractivity contribution in [2.45, 2.75) is 0 Å². The molecule has 0 heterocycles. The van der Waals surface area contributed by atoms with E-state index in [1.807, 2.05) is 0 Å². The Labute approximate surface area is 165 Å². The number of hydrogen-bond donors (Lipinski definition) is 0. The van der Waals surface area contributed by atoms with Crippen LogP contribution in [0.15, 0.2) is 115 Å². The second-order valence-electron chi connectivity index (χ2n) is 6.58. The van der Waals surface area contributed by atoms with Crippen LogP contribution in [-0.4, -0.2) is 25.5 Å². The molecule has 2 heteroatoms. The average molecular weight is 457 g/mol. The van der Waals surface area contributed by atoms with E-state index in [4.69, 9.17) is 4.74 Å². The average Bonchev–Trinajstić information content (AvgIpc) is 2.77. The van der Waals surface area contributed by atoms with E-state index in [-0.39, 0.29) is 0 Å². The molecule has 0 fully saturated rings. The summed E-state index contributed by atoms with van der Waals surface area (Å²) < 4.78 is 11.2. The molecule has 0 aliphatic rings. The van der Waals surface area contributed by atoms with Gasteiger partial charge in [0.2, 0.25) is 0 Å². The second-order valence-corrected chi connectivity index (χ2v) is 17.4. The van der Waals surface area contributed by atoms with Crippen molar-refractivity contribution in [2.75, 3.05) is 7.11 Å². The van der Waals surface area contributed by atoms with Crippen molar-refractivity contribution in [2.24, 2.45) is 0 Å². The predicted molar refractivity (Wildman–Crippen MR) is 117 cm³/mol. The number of benzene rings is 4. The summed E-state index contributed by atoms with van der Waals surface area (Å²) in [6, 6.07) is 41.8. The molecular weight excluding hydrogens is 435 g/mol. The Morgan fingerprint density at radius 2 is 0.778 bits per heavy atom. The van der Waals surface area contributed by atoms with Gasteiger partial charge in [-0.1, -0.05) is 0 Å². The fraction of sp³-hybridized carbons (Fsp3) is 0.0400. The SMILES string of the molecule is COc1cc[c]([Sn]([c]2ccccc2)([c]2ccccc2)[c]2ccccc2)cc1. The van der Waals surface area contributed by atoms with E-state index in [1.165, 1.54) is 14.3 Å². The van der Waals surface area contributed by atoms with Crippen LogP contribution in [0.2, 0.25) is 0 Å². The van der Waals surface area contributed by atoms with Gasteiger partial charge in [-0.2, -0.15) is 0 Å². The van der Waals surface area contributed by atoms with Crippen LogP contribution >= 0.6 is 0 Å². The van der Waals surface area contributed by atoms with Gasteiger partial charge in [-0.05, 0) is 0 Å². The summed E-state index contributed by atoms with van der Waals surface area (Å²) in [5, 5.41) is 0. The Kier molecular flexibility index (Phi) is 5.30. The van der Waals surface area contributed by atoms with Crippen molar-refractivity contribution in [3.8, 4) is 5.75 Å². The van der Waals surface area contributed by atoms with E-state index in [2.05, 4.69) is 115 Å². The van der Waals surface area contributed by atoms with Crippen LogP contribution in [0.1, 0.15) is 0 Å². The van der Waals surface area contributed by atoms with Crippen LogP contribution in [-0.2, 0) is 0 Å². The first-order valence-corrected chi connectivity index (χ1v) is 14.9. The molecule has 0 N–H and O–H groups in total. The third-order valence-corrected chi connectivity index (χ3v) is 18.8. The third-order valence-electron chi connectivity index (χ3n) is 5.14. The van der Waals surface area contributed by atoms with Gasteiger partial charge in [0.1, 0.15) is 0 Å². The van der Waals surface area contributed by atoms with E-state index < -0.39 is 18.4 Å². The van der Waals surface area contributed by atoms with Gasteiger partial charge in [0.25, 0.3) is 0 Å². The van der Waals surface area contributed by atoms with E-state index in [1.54, 1.807) is 7.11 Å². The summed E-state index contributed by atoms with van der Waals surface area (Å²) in [5.74, 6) is 0.896. The van der Waals surface area contributed by atoms with Gasteiger partial charge in [0, 0.05) is 0 Å². The first kappa shape index (κ1) is 17.9. The van der Waals surface area contributed by atoms with Crippen molar-refractivity contribution in [3.05, 3.63) is 115 Å². The van der Waals surface area contributed by atoms with Crippen molar-refractivity contribution < 1.29 is 4.74 Å². The summed E-state index contributed by atoms with van der Waals surface area (Å²) in [6.45, 7) is 0. The van der Waals surface area contributed by atoms with Gasteiger partial charge in [0.15, 0.2) is 0 Å². The first-order valence-electron chi connectivity index (χ1n) is 9.17. The number of rotatable bonds is 5. The molecule has 0 aromatic heterocycles. The first-order chi connectivity index (χ1) is 13.4. The maximum absolute atomic E-state index is 5.42. The fourth-order valence-corrected chi connectivity index (χ4v) is 17.4. The topological polar surface area (TPSA) is 9.23 Å². The van der Waals surface area contributed by atoms with Gasteiger partial charge in [-0.25, -0.2) is 0 Å². The Bertz CT molecular complexity index is 884. The Morgan fingerprint density at radius 3 is 1.11 bits per heavy atom. The van der Waals surface area contributed by atoms with Crippen LogP contribution in [0.3, 0.4) is 0 Å². The number of ether oxygens (including phenoxy) is 1. The molecule has 0 saturated heterocycles. The number of methoxy groups -OCH3 is 1. The summed E-state index contributed by atoms with van der Waals surface area (Å²) in [6.07, 6.45) is 0. The zero-order valence-corrected chi connectivity index (χ0v) is 18.2. The van der Waals surface area contributed by atoms with Crippen molar-refractivity contribution in [3.63, 3.8) is 0 Å². The minimum absolute atomic E-state index is 0.896. The van der Waals surface area contributed by atoms with E-state index >= 15 is 0 Å². The van der Waals surface area contributed by atoms with Gasteiger partial charge < -0.3 is 0 Å². The van der Waals surface area contributed by atoms with Crippen LogP contribution in [0, 0.1) is 0 Å². The summed E-state index contributed by atoms with van der Waals surface area (Å²) in [5.41, 5.74) is 0. The molecule has 0 unspecified atom stereocenters. The molecule has 4 aromatic rings. The molecule has 0 radical (unpaired) electrons. The predicted octanol–water partition coefficient (Wildman–Crippen LogP) is 3.07. The Morgan fingerprint density at radius 1 is 0.444 bits per heavy atom. The monoisotopic (exact) mass is 458 g/mol. The van der Waals surface area contributed by atoms with Gasteiger partial charge >= 0.3 is 166 Å². The molecule has 0 bridgehead atoms. The molecule has 0 spiro atoms. The van der Waals surface area contributed by atoms with Gasteiger partial charge in [-0.15, -0.1) is 0 Å². The van der Waals surface area contributed by atoms with E-state index in [9.17, 15) is 0 Å². The molecule has 0 saturated carbocycles. The Balaban J connectivity index is 2.09. The van der Waals surface area contributed by atoms with Crippen molar-refractivity contribution in [1.29, 1.82) is 0 Å². The maximum atomic E-state index is 5.42. The standard InChI is InChI=1S/C7H7O.3C6H5.Sn/c1-8-7-5-3-2-4-6-7;3*1-2-4-6-5-3-1;/h3-6H,1H3;3*1-5H;. The molecule has 0 aliphatic carbocycles. The van der Waals surface area contributed by atoms with Gasteiger partial charge in [-0.3, -0.25) is 0 Å². The number of hydrogen-bond acceptors (Lipinski definition) is 1. The zero-order chi connectivity index (χ0) is 18.5. The quantitative estimate of drug-likeness (QED) is 0.419. The van der Waals surface area contributed by atoms with Crippen LogP contribution in [0.25, 0.3) is 0 Å². The summed E-state index contributed by atoms with van der Waals surface area (Å²) in [7, 11) is 1.72. The molecule has 27 heavy (non-hydrogen) atoms. The molecule has 1 nitrogen and oxygen atoms in total. The normalized spacial score (nSPS) is 11.1. The fourth-order valence-electron chi connectivity index (χ4n) is 3.91. The molecule has 4 aromatic carbocycles.